The van der Waals surface area contributed by atoms with E-state index in [1.165, 1.54) is 0 Å². The summed E-state index contributed by atoms with van der Waals surface area (Å²) in [5.41, 5.74) is 3.67. The Morgan fingerprint density at radius 1 is 1.20 bits per heavy atom. The van der Waals surface area contributed by atoms with Gasteiger partial charge in [-0.1, -0.05) is 30.3 Å². The van der Waals surface area contributed by atoms with Crippen molar-refractivity contribution < 1.29 is 4.79 Å². The lowest BCUT2D eigenvalue weighted by Gasteiger charge is -2.07. The smallest absolute Gasteiger partial charge is 0.228 e. The van der Waals surface area contributed by atoms with Crippen molar-refractivity contribution in [2.24, 2.45) is 7.05 Å². The zero-order valence-electron chi connectivity index (χ0n) is 13.7. The normalized spacial score (nSPS) is 10.9. The molecular weight excluding hydrogens is 314 g/mol. The second-order valence-electron chi connectivity index (χ2n) is 5.93. The Labute approximate surface area is 144 Å². The molecule has 2 aromatic heterocycles. The number of H-pyrrole nitrogens is 1. The van der Waals surface area contributed by atoms with Crippen molar-refractivity contribution in [1.29, 1.82) is 0 Å². The van der Waals surface area contributed by atoms with Crippen LogP contribution in [-0.4, -0.2) is 25.7 Å². The van der Waals surface area contributed by atoms with Gasteiger partial charge in [-0.15, -0.1) is 10.2 Å². The molecule has 2 heterocycles. The monoisotopic (exact) mass is 331 g/mol. The predicted molar refractivity (Wildman–Crippen MR) is 97.1 cm³/mol. The second-order valence-corrected chi connectivity index (χ2v) is 5.93. The molecule has 0 unspecified atom stereocenters. The number of anilines is 1. The third-order valence-corrected chi connectivity index (χ3v) is 4.14. The SMILES string of the molecule is Cn1cnnc1-c1cccc(NC(=O)Cc2c[nH]c3ccccc23)c1. The molecule has 4 rings (SSSR count). The summed E-state index contributed by atoms with van der Waals surface area (Å²) in [4.78, 5) is 15.6. The Balaban J connectivity index is 1.52. The van der Waals surface area contributed by atoms with Crippen molar-refractivity contribution in [2.75, 3.05) is 5.32 Å². The van der Waals surface area contributed by atoms with Crippen LogP contribution in [0.5, 0.6) is 0 Å². The summed E-state index contributed by atoms with van der Waals surface area (Å²) in [7, 11) is 1.89. The van der Waals surface area contributed by atoms with Crippen molar-refractivity contribution in [1.82, 2.24) is 19.7 Å². The lowest BCUT2D eigenvalue weighted by Crippen LogP contribution is -2.14. The number of aromatic nitrogens is 4. The van der Waals surface area contributed by atoms with Gasteiger partial charge >= 0.3 is 0 Å². The number of para-hydroxylation sites is 1. The molecule has 1 amide bonds. The number of hydrogen-bond acceptors (Lipinski definition) is 3. The van der Waals surface area contributed by atoms with E-state index in [-0.39, 0.29) is 5.91 Å². The van der Waals surface area contributed by atoms with E-state index in [0.29, 0.717) is 6.42 Å². The number of aromatic amines is 1. The summed E-state index contributed by atoms with van der Waals surface area (Å²) in [5, 5.41) is 12.0. The molecular formula is C19H17N5O. The van der Waals surface area contributed by atoms with Crippen LogP contribution in [0.15, 0.2) is 61.1 Å². The molecule has 6 nitrogen and oxygen atoms in total. The molecule has 2 aromatic carbocycles. The van der Waals surface area contributed by atoms with E-state index in [9.17, 15) is 4.79 Å². The van der Waals surface area contributed by atoms with Crippen LogP contribution in [0.1, 0.15) is 5.56 Å². The summed E-state index contributed by atoms with van der Waals surface area (Å²) in [6.45, 7) is 0. The van der Waals surface area contributed by atoms with Crippen molar-refractivity contribution in [3.8, 4) is 11.4 Å². The summed E-state index contributed by atoms with van der Waals surface area (Å²) in [6, 6.07) is 15.6. The van der Waals surface area contributed by atoms with Gasteiger partial charge in [-0.2, -0.15) is 0 Å². The van der Waals surface area contributed by atoms with Gasteiger partial charge in [0.2, 0.25) is 5.91 Å². The first kappa shape index (κ1) is 15.1. The van der Waals surface area contributed by atoms with E-state index in [1.54, 1.807) is 6.33 Å². The Bertz CT molecular complexity index is 1050. The summed E-state index contributed by atoms with van der Waals surface area (Å²) < 4.78 is 1.84. The average Bonchev–Trinajstić information content (AvgIpc) is 3.22. The van der Waals surface area contributed by atoms with E-state index in [4.69, 9.17) is 0 Å². The van der Waals surface area contributed by atoms with Crippen LogP contribution in [0.25, 0.3) is 22.3 Å². The van der Waals surface area contributed by atoms with Crippen LogP contribution >= 0.6 is 0 Å². The van der Waals surface area contributed by atoms with Gasteiger partial charge in [0.1, 0.15) is 6.33 Å². The molecule has 0 saturated heterocycles. The summed E-state index contributed by atoms with van der Waals surface area (Å²) in [6.07, 6.45) is 3.86. The second kappa shape index (κ2) is 6.24. The van der Waals surface area contributed by atoms with Crippen LogP contribution in [-0.2, 0) is 18.3 Å². The van der Waals surface area contributed by atoms with Crippen LogP contribution in [0.4, 0.5) is 5.69 Å². The van der Waals surface area contributed by atoms with Gasteiger partial charge in [0.05, 0.1) is 6.42 Å². The Morgan fingerprint density at radius 3 is 2.92 bits per heavy atom. The largest absolute Gasteiger partial charge is 0.361 e. The van der Waals surface area contributed by atoms with Gasteiger partial charge in [-0.3, -0.25) is 4.79 Å². The van der Waals surface area contributed by atoms with Gasteiger partial charge in [0.15, 0.2) is 5.82 Å². The average molecular weight is 331 g/mol. The standard InChI is InChI=1S/C19H17N5O/c1-24-12-21-23-19(24)13-5-4-6-15(9-13)22-18(25)10-14-11-20-17-8-3-2-7-16(14)17/h2-9,11-12,20H,10H2,1H3,(H,22,25). The highest BCUT2D eigenvalue weighted by Crippen LogP contribution is 2.21. The number of rotatable bonds is 4. The highest BCUT2D eigenvalue weighted by molar-refractivity contribution is 5.96. The zero-order chi connectivity index (χ0) is 17.2. The molecule has 0 radical (unpaired) electrons. The van der Waals surface area contributed by atoms with E-state index >= 15 is 0 Å². The van der Waals surface area contributed by atoms with Crippen LogP contribution in [0, 0.1) is 0 Å². The van der Waals surface area contributed by atoms with Gasteiger partial charge in [-0.05, 0) is 23.8 Å². The maximum atomic E-state index is 12.4. The summed E-state index contributed by atoms with van der Waals surface area (Å²) in [5.74, 6) is 0.701. The fourth-order valence-corrected chi connectivity index (χ4v) is 2.94. The quantitative estimate of drug-likeness (QED) is 0.603. The lowest BCUT2D eigenvalue weighted by atomic mass is 10.1. The molecule has 0 fully saturated rings. The number of amides is 1. The third kappa shape index (κ3) is 3.01. The maximum absolute atomic E-state index is 12.4. The number of benzene rings is 2. The molecule has 4 aromatic rings. The molecule has 6 heteroatoms. The molecule has 0 bridgehead atoms. The number of fused-ring (bicyclic) bond motifs is 1. The van der Waals surface area contributed by atoms with Crippen molar-refractivity contribution in [3.05, 3.63) is 66.6 Å². The minimum absolute atomic E-state index is 0.0557. The number of carbonyl (C=O) groups excluding carboxylic acids is 1. The molecule has 0 aliphatic carbocycles. The number of hydrogen-bond donors (Lipinski definition) is 2. The van der Waals surface area contributed by atoms with Crippen molar-refractivity contribution >= 4 is 22.5 Å². The van der Waals surface area contributed by atoms with E-state index in [2.05, 4.69) is 20.5 Å². The first-order valence-corrected chi connectivity index (χ1v) is 8.00. The number of nitrogens with zero attached hydrogens (tertiary/aromatic N) is 3. The molecule has 0 atom stereocenters. The number of carbonyl (C=O) groups is 1. The lowest BCUT2D eigenvalue weighted by molar-refractivity contribution is -0.115. The summed E-state index contributed by atoms with van der Waals surface area (Å²) >= 11 is 0. The minimum atomic E-state index is -0.0557. The first-order valence-electron chi connectivity index (χ1n) is 8.00. The Hall–Kier alpha value is -3.41. The minimum Gasteiger partial charge on any atom is -0.361 e. The number of nitrogens with one attached hydrogen (secondary N) is 2. The highest BCUT2D eigenvalue weighted by Gasteiger charge is 2.10. The zero-order valence-corrected chi connectivity index (χ0v) is 13.7. The molecule has 2 N–H and O–H groups in total. The molecule has 0 spiro atoms. The highest BCUT2D eigenvalue weighted by atomic mass is 16.1. The van der Waals surface area contributed by atoms with E-state index in [0.717, 1.165) is 33.5 Å². The predicted octanol–water partition coefficient (Wildman–Crippen LogP) is 3.14. The van der Waals surface area contributed by atoms with Gasteiger partial charge < -0.3 is 14.9 Å². The molecule has 124 valence electrons. The molecule has 0 aliphatic rings. The van der Waals surface area contributed by atoms with Crippen LogP contribution in [0.3, 0.4) is 0 Å². The molecule has 0 saturated carbocycles. The molecule has 0 aliphatic heterocycles. The van der Waals surface area contributed by atoms with Crippen LogP contribution < -0.4 is 5.32 Å². The van der Waals surface area contributed by atoms with Crippen LogP contribution in [0.2, 0.25) is 0 Å². The maximum Gasteiger partial charge on any atom is 0.228 e. The van der Waals surface area contributed by atoms with Gasteiger partial charge in [0.25, 0.3) is 0 Å². The van der Waals surface area contributed by atoms with Crippen molar-refractivity contribution in [2.45, 2.75) is 6.42 Å². The Morgan fingerprint density at radius 2 is 2.08 bits per heavy atom. The topological polar surface area (TPSA) is 75.6 Å². The van der Waals surface area contributed by atoms with Gasteiger partial charge in [-0.25, -0.2) is 0 Å². The van der Waals surface area contributed by atoms with E-state index in [1.807, 2.05) is 66.3 Å². The fraction of sp³-hybridized carbons (Fsp3) is 0.105. The fourth-order valence-electron chi connectivity index (χ4n) is 2.94. The number of aryl methyl sites for hydroxylation is 1. The Kier molecular flexibility index (Phi) is 3.78. The van der Waals surface area contributed by atoms with Crippen molar-refractivity contribution in [3.63, 3.8) is 0 Å². The third-order valence-electron chi connectivity index (χ3n) is 4.14. The molecule has 25 heavy (non-hydrogen) atoms. The van der Waals surface area contributed by atoms with Gasteiger partial charge in [0, 0.05) is 35.4 Å². The van der Waals surface area contributed by atoms with E-state index < -0.39 is 0 Å². The first-order chi connectivity index (χ1) is 12.2.